The lowest BCUT2D eigenvalue weighted by Crippen LogP contribution is -2.24. The van der Waals surface area contributed by atoms with Crippen LogP contribution < -0.4 is 10.1 Å². The van der Waals surface area contributed by atoms with E-state index in [1.807, 2.05) is 24.4 Å². The van der Waals surface area contributed by atoms with Crippen LogP contribution in [0.4, 0.5) is 0 Å². The second-order valence-electron chi connectivity index (χ2n) is 4.11. The van der Waals surface area contributed by atoms with Crippen molar-refractivity contribution in [2.75, 3.05) is 6.54 Å². The zero-order chi connectivity index (χ0) is 14.4. The van der Waals surface area contributed by atoms with Crippen LogP contribution in [0.1, 0.15) is 17.6 Å². The smallest absolute Gasteiger partial charge is 0.226 e. The summed E-state index contributed by atoms with van der Waals surface area (Å²) in [6.45, 7) is 2.92. The molecule has 0 spiro atoms. The average molecular weight is 311 g/mol. The van der Waals surface area contributed by atoms with Crippen LogP contribution >= 0.6 is 22.9 Å². The molecule has 0 bridgehead atoms. The van der Waals surface area contributed by atoms with E-state index in [1.165, 1.54) is 11.3 Å². The van der Waals surface area contributed by atoms with Gasteiger partial charge in [-0.3, -0.25) is 4.79 Å². The van der Waals surface area contributed by atoms with Crippen molar-refractivity contribution in [1.29, 1.82) is 0 Å². The number of halogens is 1. The molecule has 0 unspecified atom stereocenters. The highest BCUT2D eigenvalue weighted by atomic mass is 35.5. The Morgan fingerprint density at radius 2 is 2.15 bits per heavy atom. The Morgan fingerprint density at radius 1 is 1.40 bits per heavy atom. The van der Waals surface area contributed by atoms with Gasteiger partial charge in [-0.05, 0) is 31.2 Å². The normalized spacial score (nSPS) is 10.3. The number of carbonyl (C=O) groups is 1. The molecule has 0 fully saturated rings. The molecule has 0 aliphatic heterocycles. The van der Waals surface area contributed by atoms with Crippen LogP contribution in [-0.2, 0) is 17.8 Å². The molecule has 0 atom stereocenters. The lowest BCUT2D eigenvalue weighted by Gasteiger charge is -2.03. The number of hydrogen-bond donors (Lipinski definition) is 1. The number of likely N-dealkylation sites (N-methyl/N-ethyl adjacent to an activating group) is 1. The van der Waals surface area contributed by atoms with Crippen LogP contribution in [-0.4, -0.2) is 17.4 Å². The molecule has 1 aromatic carbocycles. The van der Waals surface area contributed by atoms with Crippen molar-refractivity contribution in [3.63, 3.8) is 0 Å². The molecule has 0 aliphatic carbocycles. The van der Waals surface area contributed by atoms with Gasteiger partial charge in [0.1, 0.15) is 17.4 Å². The number of hydrogen-bond acceptors (Lipinski definition) is 4. The molecule has 20 heavy (non-hydrogen) atoms. The number of nitrogens with zero attached hydrogens (tertiary/aromatic N) is 1. The summed E-state index contributed by atoms with van der Waals surface area (Å²) in [6, 6.07) is 7.18. The summed E-state index contributed by atoms with van der Waals surface area (Å²) in [6.07, 6.45) is 0.311. The first-order valence-electron chi connectivity index (χ1n) is 6.25. The van der Waals surface area contributed by atoms with E-state index in [0.717, 1.165) is 16.5 Å². The number of aromatic nitrogens is 1. The Bertz CT molecular complexity index is 569. The van der Waals surface area contributed by atoms with Crippen molar-refractivity contribution in [2.24, 2.45) is 0 Å². The van der Waals surface area contributed by atoms with Crippen LogP contribution in [0.15, 0.2) is 29.6 Å². The number of benzene rings is 1. The molecule has 106 valence electrons. The minimum atomic E-state index is -0.0111. The Kier molecular flexibility index (Phi) is 5.38. The zero-order valence-electron chi connectivity index (χ0n) is 11.1. The van der Waals surface area contributed by atoms with Gasteiger partial charge >= 0.3 is 0 Å². The van der Waals surface area contributed by atoms with Crippen LogP contribution in [0.5, 0.6) is 5.75 Å². The molecule has 4 nitrogen and oxygen atoms in total. The summed E-state index contributed by atoms with van der Waals surface area (Å²) >= 11 is 7.29. The molecular formula is C14H15ClN2O2S. The highest BCUT2D eigenvalue weighted by Crippen LogP contribution is 2.18. The standard InChI is InChI=1S/C14H15ClN2O2S/c1-2-16-13(18)7-11-9-20-14(17-11)8-19-12-5-3-10(15)4-6-12/h3-6,9H,2,7-8H2,1H3,(H,16,18). The number of carbonyl (C=O) groups excluding carboxylic acids is 1. The van der Waals surface area contributed by atoms with Crippen molar-refractivity contribution >= 4 is 28.8 Å². The Morgan fingerprint density at radius 3 is 2.85 bits per heavy atom. The van der Waals surface area contributed by atoms with E-state index in [0.29, 0.717) is 24.6 Å². The Hall–Kier alpha value is -1.59. The van der Waals surface area contributed by atoms with Crippen LogP contribution in [0, 0.1) is 0 Å². The van der Waals surface area contributed by atoms with E-state index >= 15 is 0 Å². The molecule has 6 heteroatoms. The predicted molar refractivity (Wildman–Crippen MR) is 80.3 cm³/mol. The molecule has 1 N–H and O–H groups in total. The minimum absolute atomic E-state index is 0.0111. The molecule has 0 saturated carbocycles. The van der Waals surface area contributed by atoms with Gasteiger partial charge in [0.15, 0.2) is 0 Å². The topological polar surface area (TPSA) is 51.2 Å². The summed E-state index contributed by atoms with van der Waals surface area (Å²) in [5, 5.41) is 6.16. The highest BCUT2D eigenvalue weighted by molar-refractivity contribution is 7.09. The lowest BCUT2D eigenvalue weighted by molar-refractivity contribution is -0.120. The number of nitrogens with one attached hydrogen (secondary N) is 1. The lowest BCUT2D eigenvalue weighted by atomic mass is 10.3. The summed E-state index contributed by atoms with van der Waals surface area (Å²) < 4.78 is 5.60. The molecule has 0 aliphatic rings. The third kappa shape index (κ3) is 4.51. The SMILES string of the molecule is CCNC(=O)Cc1csc(COc2ccc(Cl)cc2)n1. The number of rotatable bonds is 6. The minimum Gasteiger partial charge on any atom is -0.486 e. The van der Waals surface area contributed by atoms with Gasteiger partial charge in [-0.15, -0.1) is 11.3 Å². The van der Waals surface area contributed by atoms with E-state index in [2.05, 4.69) is 10.3 Å². The summed E-state index contributed by atoms with van der Waals surface area (Å²) in [5.74, 6) is 0.734. The molecule has 0 saturated heterocycles. The van der Waals surface area contributed by atoms with Gasteiger partial charge in [0.05, 0.1) is 12.1 Å². The quantitative estimate of drug-likeness (QED) is 0.892. The zero-order valence-corrected chi connectivity index (χ0v) is 12.6. The van der Waals surface area contributed by atoms with E-state index < -0.39 is 0 Å². The van der Waals surface area contributed by atoms with Crippen molar-refractivity contribution in [1.82, 2.24) is 10.3 Å². The highest BCUT2D eigenvalue weighted by Gasteiger charge is 2.07. The summed E-state index contributed by atoms with van der Waals surface area (Å²) in [5.41, 5.74) is 0.774. The molecule has 1 heterocycles. The van der Waals surface area contributed by atoms with E-state index in [9.17, 15) is 4.79 Å². The predicted octanol–water partition coefficient (Wildman–Crippen LogP) is 3.05. The van der Waals surface area contributed by atoms with Gasteiger partial charge in [-0.25, -0.2) is 4.98 Å². The van der Waals surface area contributed by atoms with E-state index in [1.54, 1.807) is 12.1 Å². The monoisotopic (exact) mass is 310 g/mol. The van der Waals surface area contributed by atoms with E-state index in [4.69, 9.17) is 16.3 Å². The summed E-state index contributed by atoms with van der Waals surface area (Å²) in [7, 11) is 0. The largest absolute Gasteiger partial charge is 0.486 e. The molecule has 1 aromatic heterocycles. The van der Waals surface area contributed by atoms with Crippen molar-refractivity contribution < 1.29 is 9.53 Å². The van der Waals surface area contributed by atoms with Gasteiger partial charge in [-0.1, -0.05) is 11.6 Å². The first-order chi connectivity index (χ1) is 9.67. The van der Waals surface area contributed by atoms with Gasteiger partial charge in [0.25, 0.3) is 0 Å². The fraction of sp³-hybridized carbons (Fsp3) is 0.286. The third-order valence-electron chi connectivity index (χ3n) is 2.49. The molecular weight excluding hydrogens is 296 g/mol. The average Bonchev–Trinajstić information content (AvgIpc) is 2.86. The number of amides is 1. The fourth-order valence-corrected chi connectivity index (χ4v) is 2.43. The maximum atomic E-state index is 11.4. The molecule has 2 rings (SSSR count). The van der Waals surface area contributed by atoms with Crippen LogP contribution in [0.3, 0.4) is 0 Å². The first kappa shape index (κ1) is 14.8. The molecule has 0 radical (unpaired) electrons. The summed E-state index contributed by atoms with van der Waals surface area (Å²) in [4.78, 5) is 15.8. The maximum Gasteiger partial charge on any atom is 0.226 e. The second-order valence-corrected chi connectivity index (χ2v) is 5.48. The third-order valence-corrected chi connectivity index (χ3v) is 3.61. The number of ether oxygens (including phenoxy) is 1. The van der Waals surface area contributed by atoms with Gasteiger partial charge < -0.3 is 10.1 Å². The van der Waals surface area contributed by atoms with Crippen LogP contribution in [0.25, 0.3) is 0 Å². The maximum absolute atomic E-state index is 11.4. The first-order valence-corrected chi connectivity index (χ1v) is 7.51. The Balaban J connectivity index is 1.86. The van der Waals surface area contributed by atoms with Gasteiger partial charge in [0, 0.05) is 16.9 Å². The van der Waals surface area contributed by atoms with Gasteiger partial charge in [-0.2, -0.15) is 0 Å². The van der Waals surface area contributed by atoms with Gasteiger partial charge in [0.2, 0.25) is 5.91 Å². The van der Waals surface area contributed by atoms with Crippen molar-refractivity contribution in [2.45, 2.75) is 20.0 Å². The number of thiazole rings is 1. The molecule has 1 amide bonds. The molecule has 2 aromatic rings. The van der Waals surface area contributed by atoms with E-state index in [-0.39, 0.29) is 5.91 Å². The fourth-order valence-electron chi connectivity index (χ4n) is 1.60. The van der Waals surface area contributed by atoms with Crippen molar-refractivity contribution in [3.8, 4) is 5.75 Å². The van der Waals surface area contributed by atoms with Crippen LogP contribution in [0.2, 0.25) is 5.02 Å². The van der Waals surface area contributed by atoms with Crippen molar-refractivity contribution in [3.05, 3.63) is 45.4 Å². The Labute approximate surface area is 126 Å². The second kappa shape index (κ2) is 7.26.